The van der Waals surface area contributed by atoms with E-state index in [1.165, 1.54) is 23.9 Å². The average Bonchev–Trinajstić information content (AvgIpc) is 3.40. The summed E-state index contributed by atoms with van der Waals surface area (Å²) >= 11 is 5.91. The highest BCUT2D eigenvalue weighted by Crippen LogP contribution is 2.44. The fourth-order valence-corrected chi connectivity index (χ4v) is 5.60. The summed E-state index contributed by atoms with van der Waals surface area (Å²) < 4.78 is 7.23. The number of benzene rings is 2. The van der Waals surface area contributed by atoms with Crippen LogP contribution in [0.15, 0.2) is 79.0 Å². The van der Waals surface area contributed by atoms with Gasteiger partial charge in [-0.15, -0.1) is 0 Å². The third-order valence-corrected chi connectivity index (χ3v) is 7.26. The van der Waals surface area contributed by atoms with Crippen LogP contribution in [0, 0.1) is 20.8 Å². The second-order valence-electron chi connectivity index (χ2n) is 9.47. The second kappa shape index (κ2) is 10.8. The second-order valence-corrected chi connectivity index (χ2v) is 9.86. The van der Waals surface area contributed by atoms with Crippen LogP contribution in [0.5, 0.6) is 0 Å². The molecule has 4 aromatic rings. The number of hydrogen-bond donors (Lipinski definition) is 2. The molecule has 2 aromatic heterocycles. The Hall–Kier alpha value is -4.01. The molecule has 1 aliphatic rings. The van der Waals surface area contributed by atoms with Crippen molar-refractivity contribution in [2.45, 2.75) is 32.9 Å². The van der Waals surface area contributed by atoms with Gasteiger partial charge in [0, 0.05) is 41.8 Å². The maximum Gasteiger partial charge on any atom is 0.250 e. The van der Waals surface area contributed by atoms with Crippen LogP contribution < -0.4 is 15.5 Å². The van der Waals surface area contributed by atoms with E-state index in [1.807, 2.05) is 48.7 Å². The normalized spacial score (nSPS) is 16.9. The molecule has 7 nitrogen and oxygen atoms in total. The van der Waals surface area contributed by atoms with Crippen molar-refractivity contribution in [2.24, 2.45) is 0 Å². The number of nitrogens with zero attached hydrogens (tertiary/aromatic N) is 3. The molecule has 1 fully saturated rings. The summed E-state index contributed by atoms with van der Waals surface area (Å²) in [7, 11) is 1.50. The van der Waals surface area contributed by atoms with Gasteiger partial charge in [-0.05, 0) is 92.6 Å². The zero-order valence-corrected chi connectivity index (χ0v) is 22.8. The number of carbonyl (C=O) groups excluding carboxylic acids is 1. The quantitative estimate of drug-likeness (QED) is 0.308. The number of nitrogens with one attached hydrogen (secondary N) is 2. The van der Waals surface area contributed by atoms with Crippen molar-refractivity contribution in [3.8, 4) is 5.69 Å². The SMILES string of the molecule is COCC(=O)Nc1ccc(N2C(=S)N[C@@H](c3ccccn3)[C@@H]2c2cc(C)n(-c3ccccc3C)c2C)cc1. The Morgan fingerprint density at radius 1 is 1.05 bits per heavy atom. The fourth-order valence-electron chi connectivity index (χ4n) is 5.25. The van der Waals surface area contributed by atoms with Gasteiger partial charge in [0.2, 0.25) is 5.91 Å². The van der Waals surface area contributed by atoms with Crippen molar-refractivity contribution in [1.29, 1.82) is 0 Å². The molecule has 2 aromatic carbocycles. The summed E-state index contributed by atoms with van der Waals surface area (Å²) in [6, 6.07) is 24.1. The molecular weight excluding hydrogens is 494 g/mol. The first-order valence-electron chi connectivity index (χ1n) is 12.5. The van der Waals surface area contributed by atoms with E-state index in [-0.39, 0.29) is 24.6 Å². The van der Waals surface area contributed by atoms with Gasteiger partial charge in [0.1, 0.15) is 6.61 Å². The Morgan fingerprint density at radius 2 is 1.79 bits per heavy atom. The molecule has 0 saturated carbocycles. The number of hydrogen-bond acceptors (Lipinski definition) is 4. The molecule has 5 rings (SSSR count). The minimum atomic E-state index is -0.199. The van der Waals surface area contributed by atoms with Crippen molar-refractivity contribution >= 4 is 34.6 Å². The van der Waals surface area contributed by atoms with Gasteiger partial charge >= 0.3 is 0 Å². The standard InChI is InChI=1S/C30H31N5O2S/c1-19-9-5-6-11-26(19)34-20(2)17-24(21(34)3)29-28(25-10-7-8-16-31-25)33-30(38)35(29)23-14-12-22(13-15-23)32-27(36)18-37-4/h5-17,28-29H,18H2,1-4H3,(H,32,36)(H,33,38)/t28-,29-/m0/s1. The first-order chi connectivity index (χ1) is 18.4. The van der Waals surface area contributed by atoms with E-state index in [4.69, 9.17) is 17.0 Å². The Kier molecular flexibility index (Phi) is 7.26. The highest BCUT2D eigenvalue weighted by molar-refractivity contribution is 7.80. The summed E-state index contributed by atoms with van der Waals surface area (Å²) in [6.45, 7) is 6.45. The first kappa shape index (κ1) is 25.6. The maximum absolute atomic E-state index is 12.0. The van der Waals surface area contributed by atoms with Gasteiger partial charge in [-0.25, -0.2) is 0 Å². The molecule has 8 heteroatoms. The lowest BCUT2D eigenvalue weighted by Crippen LogP contribution is -2.29. The van der Waals surface area contributed by atoms with Crippen LogP contribution in [-0.4, -0.2) is 34.3 Å². The lowest BCUT2D eigenvalue weighted by atomic mass is 9.96. The van der Waals surface area contributed by atoms with Gasteiger partial charge in [0.25, 0.3) is 0 Å². The van der Waals surface area contributed by atoms with E-state index in [1.54, 1.807) is 0 Å². The summed E-state index contributed by atoms with van der Waals surface area (Å²) in [4.78, 5) is 18.8. The van der Waals surface area contributed by atoms with Crippen molar-refractivity contribution in [2.75, 3.05) is 23.9 Å². The van der Waals surface area contributed by atoms with Gasteiger partial charge in [0.15, 0.2) is 5.11 Å². The van der Waals surface area contributed by atoms with E-state index in [0.29, 0.717) is 10.8 Å². The highest BCUT2D eigenvalue weighted by Gasteiger charge is 2.42. The highest BCUT2D eigenvalue weighted by atomic mass is 32.1. The predicted molar refractivity (Wildman–Crippen MR) is 155 cm³/mol. The number of pyridine rings is 1. The number of aryl methyl sites for hydroxylation is 2. The van der Waals surface area contributed by atoms with Crippen LogP contribution in [0.3, 0.4) is 0 Å². The Balaban J connectivity index is 1.59. The smallest absolute Gasteiger partial charge is 0.250 e. The van der Waals surface area contributed by atoms with Crippen molar-refractivity contribution in [3.05, 3.63) is 107 Å². The molecule has 2 atom stereocenters. The average molecular weight is 526 g/mol. The number of ether oxygens (including phenoxy) is 1. The molecule has 1 saturated heterocycles. The van der Waals surface area contributed by atoms with Crippen LogP contribution in [0.4, 0.5) is 11.4 Å². The molecule has 0 bridgehead atoms. The van der Waals surface area contributed by atoms with Crippen LogP contribution in [0.2, 0.25) is 0 Å². The van der Waals surface area contributed by atoms with Crippen LogP contribution in [-0.2, 0) is 9.53 Å². The van der Waals surface area contributed by atoms with Gasteiger partial charge in [-0.2, -0.15) is 0 Å². The summed E-state index contributed by atoms with van der Waals surface area (Å²) in [6.07, 6.45) is 1.81. The summed E-state index contributed by atoms with van der Waals surface area (Å²) in [5.74, 6) is -0.199. The van der Waals surface area contributed by atoms with Crippen molar-refractivity contribution < 1.29 is 9.53 Å². The van der Waals surface area contributed by atoms with Gasteiger partial charge in [-0.1, -0.05) is 24.3 Å². The van der Waals surface area contributed by atoms with E-state index in [2.05, 4.69) is 76.2 Å². The largest absolute Gasteiger partial charge is 0.375 e. The zero-order valence-electron chi connectivity index (χ0n) is 21.9. The number of anilines is 2. The topological polar surface area (TPSA) is 71.4 Å². The van der Waals surface area contributed by atoms with Crippen molar-refractivity contribution in [3.63, 3.8) is 0 Å². The van der Waals surface area contributed by atoms with E-state index >= 15 is 0 Å². The molecule has 0 radical (unpaired) electrons. The molecule has 3 heterocycles. The molecule has 1 amide bonds. The fraction of sp³-hybridized carbons (Fsp3) is 0.233. The lowest BCUT2D eigenvalue weighted by Gasteiger charge is -2.28. The monoisotopic (exact) mass is 525 g/mol. The Labute approximate surface area is 228 Å². The first-order valence-corrected chi connectivity index (χ1v) is 12.9. The van der Waals surface area contributed by atoms with Crippen molar-refractivity contribution in [1.82, 2.24) is 14.9 Å². The van der Waals surface area contributed by atoms with Crippen LogP contribution in [0.25, 0.3) is 5.69 Å². The van der Waals surface area contributed by atoms with Gasteiger partial charge in [0.05, 0.1) is 17.8 Å². The number of carbonyl (C=O) groups is 1. The molecule has 0 spiro atoms. The Bertz CT molecular complexity index is 1470. The van der Waals surface area contributed by atoms with Crippen LogP contribution >= 0.6 is 12.2 Å². The minimum Gasteiger partial charge on any atom is -0.375 e. The van der Waals surface area contributed by atoms with Crippen LogP contribution in [0.1, 0.15) is 40.3 Å². The Morgan fingerprint density at radius 3 is 2.47 bits per heavy atom. The third kappa shape index (κ3) is 4.80. The number of aromatic nitrogens is 2. The van der Waals surface area contributed by atoms with Gasteiger partial charge < -0.3 is 24.8 Å². The molecule has 1 aliphatic heterocycles. The number of rotatable bonds is 7. The van der Waals surface area contributed by atoms with Gasteiger partial charge in [-0.3, -0.25) is 9.78 Å². The van der Waals surface area contributed by atoms with E-state index in [9.17, 15) is 4.79 Å². The zero-order chi connectivity index (χ0) is 26.8. The summed E-state index contributed by atoms with van der Waals surface area (Å²) in [5.41, 5.74) is 8.41. The molecule has 2 N–H and O–H groups in total. The number of thiocarbonyl (C=S) groups is 1. The van der Waals surface area contributed by atoms with E-state index < -0.39 is 0 Å². The third-order valence-electron chi connectivity index (χ3n) is 6.95. The molecule has 194 valence electrons. The lowest BCUT2D eigenvalue weighted by molar-refractivity contribution is -0.119. The molecule has 0 aliphatic carbocycles. The molecular formula is C30H31N5O2S. The predicted octanol–water partition coefficient (Wildman–Crippen LogP) is 5.56. The number of methoxy groups -OCH3 is 1. The molecule has 38 heavy (non-hydrogen) atoms. The number of para-hydroxylation sites is 1. The maximum atomic E-state index is 12.0. The summed E-state index contributed by atoms with van der Waals surface area (Å²) in [5, 5.41) is 7.01. The minimum absolute atomic E-state index is 0.00617. The number of amides is 1. The van der Waals surface area contributed by atoms with E-state index in [0.717, 1.165) is 22.8 Å². The molecule has 0 unspecified atom stereocenters.